The molecule has 3 rings (SSSR count). The molecule has 0 saturated carbocycles. The normalized spacial score (nSPS) is 17.7. The van der Waals surface area contributed by atoms with Gasteiger partial charge in [-0.2, -0.15) is 0 Å². The Kier molecular flexibility index (Phi) is 5.12. The molecule has 1 saturated heterocycles. The van der Waals surface area contributed by atoms with E-state index in [9.17, 15) is 19.5 Å². The van der Waals surface area contributed by atoms with Crippen LogP contribution in [0, 0.1) is 18.8 Å². The molecule has 1 aliphatic heterocycles. The number of β-lactam (4-membered cyclic amide) rings is 1. The Labute approximate surface area is 157 Å². The van der Waals surface area contributed by atoms with Crippen LogP contribution in [0.1, 0.15) is 36.4 Å². The van der Waals surface area contributed by atoms with E-state index in [1.807, 2.05) is 30.3 Å². The van der Waals surface area contributed by atoms with Crippen molar-refractivity contribution >= 4 is 17.7 Å². The number of aliphatic carboxylic acids is 1. The topological polar surface area (TPSA) is 101 Å². The average molecular weight is 370 g/mol. The number of aromatic nitrogens is 1. The van der Waals surface area contributed by atoms with Gasteiger partial charge in [-0.25, -0.2) is 4.79 Å². The van der Waals surface area contributed by atoms with Crippen LogP contribution in [0.5, 0.6) is 0 Å². The SMILES string of the molecule is Cc1onc(-c2ccccc2)c1C(=O)C[C@H]1CN([C@@H](C(=O)O)C(C)C)C1=O. The molecule has 27 heavy (non-hydrogen) atoms. The lowest BCUT2D eigenvalue weighted by Gasteiger charge is -2.43. The zero-order valence-electron chi connectivity index (χ0n) is 15.5. The number of nitrogens with zero attached hydrogens (tertiary/aromatic N) is 2. The minimum atomic E-state index is -1.02. The molecule has 7 nitrogen and oxygen atoms in total. The van der Waals surface area contributed by atoms with Gasteiger partial charge in [-0.3, -0.25) is 9.59 Å². The highest BCUT2D eigenvalue weighted by molar-refractivity contribution is 6.05. The number of Topliss-reactive ketones (excluding diaryl/α,β-unsaturated/α-hetero) is 1. The fraction of sp³-hybridized carbons (Fsp3) is 0.400. The molecular weight excluding hydrogens is 348 g/mol. The third-order valence-corrected chi connectivity index (χ3v) is 4.89. The standard InChI is InChI=1S/C20H22N2O5/c1-11(2)18(20(25)26)22-10-14(19(22)24)9-15(23)16-12(3)27-21-17(16)13-7-5-4-6-8-13/h4-8,11,14,18H,9-10H2,1-3H3,(H,25,26)/t14-,18+/m0/s1. The van der Waals surface area contributed by atoms with E-state index in [0.29, 0.717) is 17.0 Å². The van der Waals surface area contributed by atoms with E-state index < -0.39 is 17.9 Å². The highest BCUT2D eigenvalue weighted by atomic mass is 16.5. The maximum atomic E-state index is 12.8. The van der Waals surface area contributed by atoms with Crippen LogP contribution >= 0.6 is 0 Å². The van der Waals surface area contributed by atoms with E-state index in [1.165, 1.54) is 4.90 Å². The van der Waals surface area contributed by atoms with Crippen LogP contribution in [-0.4, -0.2) is 45.4 Å². The van der Waals surface area contributed by atoms with Crippen molar-refractivity contribution in [1.82, 2.24) is 10.1 Å². The van der Waals surface area contributed by atoms with Gasteiger partial charge in [-0.05, 0) is 12.8 Å². The van der Waals surface area contributed by atoms with Gasteiger partial charge in [-0.15, -0.1) is 0 Å². The molecule has 1 aliphatic rings. The number of likely N-dealkylation sites (tertiary alicyclic amines) is 1. The summed E-state index contributed by atoms with van der Waals surface area (Å²) in [4.78, 5) is 38.0. The minimum Gasteiger partial charge on any atom is -0.480 e. The first kappa shape index (κ1) is 18.8. The summed E-state index contributed by atoms with van der Waals surface area (Å²) < 4.78 is 5.21. The molecule has 0 unspecified atom stereocenters. The van der Waals surface area contributed by atoms with E-state index in [1.54, 1.807) is 20.8 Å². The first-order valence-corrected chi connectivity index (χ1v) is 8.89. The van der Waals surface area contributed by atoms with Gasteiger partial charge in [0.1, 0.15) is 17.5 Å². The van der Waals surface area contributed by atoms with Gasteiger partial charge < -0.3 is 14.5 Å². The third kappa shape index (κ3) is 3.49. The van der Waals surface area contributed by atoms with Crippen molar-refractivity contribution in [3.8, 4) is 11.3 Å². The van der Waals surface area contributed by atoms with Gasteiger partial charge >= 0.3 is 5.97 Å². The highest BCUT2D eigenvalue weighted by Crippen LogP contribution is 2.31. The summed E-state index contributed by atoms with van der Waals surface area (Å²) in [6.07, 6.45) is 0.0155. The number of carboxylic acids is 1. The maximum absolute atomic E-state index is 12.8. The van der Waals surface area contributed by atoms with Gasteiger partial charge in [0, 0.05) is 18.5 Å². The summed E-state index contributed by atoms with van der Waals surface area (Å²) in [6.45, 7) is 5.46. The Hall–Kier alpha value is -2.96. The van der Waals surface area contributed by atoms with Crippen molar-refractivity contribution in [3.63, 3.8) is 0 Å². The Morgan fingerprint density at radius 3 is 2.52 bits per heavy atom. The highest BCUT2D eigenvalue weighted by Gasteiger charge is 2.45. The molecule has 1 N–H and O–H groups in total. The zero-order valence-corrected chi connectivity index (χ0v) is 15.5. The molecule has 0 spiro atoms. The number of carbonyl (C=O) groups excluding carboxylic acids is 2. The summed E-state index contributed by atoms with van der Waals surface area (Å²) in [6, 6.07) is 8.38. The first-order chi connectivity index (χ1) is 12.8. The second kappa shape index (κ2) is 7.34. The van der Waals surface area contributed by atoms with E-state index in [2.05, 4.69) is 5.16 Å². The summed E-state index contributed by atoms with van der Waals surface area (Å²) in [5, 5.41) is 13.3. The summed E-state index contributed by atoms with van der Waals surface area (Å²) in [7, 11) is 0. The molecule has 0 aliphatic carbocycles. The van der Waals surface area contributed by atoms with Crippen molar-refractivity contribution < 1.29 is 24.0 Å². The van der Waals surface area contributed by atoms with E-state index in [0.717, 1.165) is 5.56 Å². The smallest absolute Gasteiger partial charge is 0.326 e. The molecule has 2 atom stereocenters. The zero-order chi connectivity index (χ0) is 19.7. The number of carboxylic acid groups (broad SMARTS) is 1. The number of benzene rings is 1. The number of carbonyl (C=O) groups is 3. The van der Waals surface area contributed by atoms with Crippen molar-refractivity contribution in [2.75, 3.05) is 6.54 Å². The second-order valence-corrected chi connectivity index (χ2v) is 7.17. The maximum Gasteiger partial charge on any atom is 0.326 e. The molecule has 1 fully saturated rings. The lowest BCUT2D eigenvalue weighted by molar-refractivity contribution is -0.164. The lowest BCUT2D eigenvalue weighted by atomic mass is 9.86. The predicted octanol–water partition coefficient (Wildman–Crippen LogP) is 2.79. The van der Waals surface area contributed by atoms with Gasteiger partial charge in [0.05, 0.1) is 11.5 Å². The van der Waals surface area contributed by atoms with E-state index >= 15 is 0 Å². The molecule has 2 heterocycles. The predicted molar refractivity (Wildman–Crippen MR) is 97.1 cm³/mol. The second-order valence-electron chi connectivity index (χ2n) is 7.17. The van der Waals surface area contributed by atoms with E-state index in [4.69, 9.17) is 4.52 Å². The van der Waals surface area contributed by atoms with Gasteiger partial charge in [0.2, 0.25) is 5.91 Å². The number of ketones is 1. The van der Waals surface area contributed by atoms with E-state index in [-0.39, 0.29) is 30.6 Å². The van der Waals surface area contributed by atoms with Crippen molar-refractivity contribution in [3.05, 3.63) is 41.7 Å². The summed E-state index contributed by atoms with van der Waals surface area (Å²) in [5.41, 5.74) is 1.61. The van der Waals surface area contributed by atoms with Crippen LogP contribution in [0.3, 0.4) is 0 Å². The molecule has 142 valence electrons. The fourth-order valence-electron chi connectivity index (χ4n) is 3.53. The van der Waals surface area contributed by atoms with Gasteiger partial charge in [-0.1, -0.05) is 49.3 Å². The minimum absolute atomic E-state index is 0.0155. The Morgan fingerprint density at radius 2 is 1.96 bits per heavy atom. The monoisotopic (exact) mass is 370 g/mol. The molecule has 0 radical (unpaired) electrons. The first-order valence-electron chi connectivity index (χ1n) is 8.89. The number of amides is 1. The molecule has 1 aromatic heterocycles. The Bertz CT molecular complexity index is 872. The number of aryl methyl sites for hydroxylation is 1. The van der Waals surface area contributed by atoms with Crippen LogP contribution in [-0.2, 0) is 9.59 Å². The average Bonchev–Trinajstić information content (AvgIpc) is 3.02. The molecule has 1 aromatic carbocycles. The molecule has 0 bridgehead atoms. The van der Waals surface area contributed by atoms with Crippen molar-refractivity contribution in [2.24, 2.45) is 11.8 Å². The number of rotatable bonds is 7. The molecular formula is C20H22N2O5. The van der Waals surface area contributed by atoms with Crippen LogP contribution < -0.4 is 0 Å². The molecule has 1 amide bonds. The van der Waals surface area contributed by atoms with Gasteiger partial charge in [0.25, 0.3) is 0 Å². The van der Waals surface area contributed by atoms with Gasteiger partial charge in [0.15, 0.2) is 5.78 Å². The van der Waals surface area contributed by atoms with Crippen LogP contribution in [0.25, 0.3) is 11.3 Å². The van der Waals surface area contributed by atoms with Crippen LogP contribution in [0.15, 0.2) is 34.9 Å². The van der Waals surface area contributed by atoms with Crippen LogP contribution in [0.2, 0.25) is 0 Å². The van der Waals surface area contributed by atoms with Crippen molar-refractivity contribution in [1.29, 1.82) is 0 Å². The summed E-state index contributed by atoms with van der Waals surface area (Å²) >= 11 is 0. The fourth-order valence-corrected chi connectivity index (χ4v) is 3.53. The molecule has 7 heteroatoms. The number of hydrogen-bond acceptors (Lipinski definition) is 5. The number of hydrogen-bond donors (Lipinski definition) is 1. The van der Waals surface area contributed by atoms with Crippen LogP contribution in [0.4, 0.5) is 0 Å². The quantitative estimate of drug-likeness (QED) is 0.594. The summed E-state index contributed by atoms with van der Waals surface area (Å²) in [5.74, 6) is -1.83. The largest absolute Gasteiger partial charge is 0.480 e. The Morgan fingerprint density at radius 1 is 1.30 bits per heavy atom. The lowest BCUT2D eigenvalue weighted by Crippen LogP contribution is -2.61. The Balaban J connectivity index is 1.74. The molecule has 2 aromatic rings. The third-order valence-electron chi connectivity index (χ3n) is 4.89. The van der Waals surface area contributed by atoms with Crippen molar-refractivity contribution in [2.45, 2.75) is 33.2 Å².